The van der Waals surface area contributed by atoms with Gasteiger partial charge in [-0.15, -0.1) is 0 Å². The maximum atomic E-state index is 11.4. The standard InChI is InChI=1S/C9H10N4O3/c10-4-7-12-8(16-13-7)5-11-9(14)6-2-1-3-15-6/h1-3H,4-5,10H2,(H,11,14). The minimum absolute atomic E-state index is 0.145. The van der Waals surface area contributed by atoms with Gasteiger partial charge in [0.2, 0.25) is 5.89 Å². The molecule has 0 aromatic carbocycles. The van der Waals surface area contributed by atoms with Crippen LogP contribution in [0.15, 0.2) is 27.3 Å². The Morgan fingerprint density at radius 1 is 1.56 bits per heavy atom. The van der Waals surface area contributed by atoms with E-state index in [1.165, 1.54) is 6.26 Å². The largest absolute Gasteiger partial charge is 0.459 e. The smallest absolute Gasteiger partial charge is 0.287 e. The van der Waals surface area contributed by atoms with Crippen LogP contribution in [-0.2, 0) is 13.1 Å². The average Bonchev–Trinajstić information content (AvgIpc) is 2.96. The second-order valence-corrected chi connectivity index (χ2v) is 2.97. The maximum absolute atomic E-state index is 11.4. The third-order valence-corrected chi connectivity index (χ3v) is 1.84. The van der Waals surface area contributed by atoms with Gasteiger partial charge >= 0.3 is 0 Å². The molecule has 0 aliphatic heterocycles. The molecule has 7 nitrogen and oxygen atoms in total. The Balaban J connectivity index is 1.90. The molecule has 16 heavy (non-hydrogen) atoms. The van der Waals surface area contributed by atoms with Crippen molar-refractivity contribution in [2.75, 3.05) is 0 Å². The van der Waals surface area contributed by atoms with Gasteiger partial charge in [0.25, 0.3) is 5.91 Å². The number of hydrogen-bond donors (Lipinski definition) is 2. The molecular weight excluding hydrogens is 212 g/mol. The molecule has 3 N–H and O–H groups in total. The van der Waals surface area contributed by atoms with Gasteiger partial charge in [-0.25, -0.2) is 0 Å². The highest BCUT2D eigenvalue weighted by Gasteiger charge is 2.10. The molecule has 0 fully saturated rings. The van der Waals surface area contributed by atoms with Crippen LogP contribution in [0.25, 0.3) is 0 Å². The zero-order valence-corrected chi connectivity index (χ0v) is 8.34. The van der Waals surface area contributed by atoms with Crippen LogP contribution in [0.5, 0.6) is 0 Å². The SMILES string of the molecule is NCc1noc(CNC(=O)c2ccco2)n1. The molecule has 0 spiro atoms. The Bertz CT molecular complexity index is 463. The van der Waals surface area contributed by atoms with E-state index in [-0.39, 0.29) is 24.8 Å². The van der Waals surface area contributed by atoms with Gasteiger partial charge in [0.1, 0.15) is 0 Å². The van der Waals surface area contributed by atoms with Crippen molar-refractivity contribution in [3.05, 3.63) is 35.9 Å². The monoisotopic (exact) mass is 222 g/mol. The molecular formula is C9H10N4O3. The molecule has 0 atom stereocenters. The van der Waals surface area contributed by atoms with Crippen LogP contribution in [-0.4, -0.2) is 16.0 Å². The van der Waals surface area contributed by atoms with E-state index >= 15 is 0 Å². The van der Waals surface area contributed by atoms with E-state index in [0.29, 0.717) is 11.7 Å². The van der Waals surface area contributed by atoms with Gasteiger partial charge in [0, 0.05) is 0 Å². The molecule has 0 aliphatic carbocycles. The zero-order valence-electron chi connectivity index (χ0n) is 8.34. The summed E-state index contributed by atoms with van der Waals surface area (Å²) in [6.45, 7) is 0.349. The Hall–Kier alpha value is -2.15. The van der Waals surface area contributed by atoms with Crippen LogP contribution in [0.4, 0.5) is 0 Å². The maximum Gasteiger partial charge on any atom is 0.287 e. The van der Waals surface area contributed by atoms with Gasteiger partial charge < -0.3 is 20.0 Å². The van der Waals surface area contributed by atoms with Crippen molar-refractivity contribution in [3.63, 3.8) is 0 Å². The first kappa shape index (κ1) is 10.4. The lowest BCUT2D eigenvalue weighted by Gasteiger charge is -1.97. The Morgan fingerprint density at radius 2 is 2.44 bits per heavy atom. The van der Waals surface area contributed by atoms with Crippen LogP contribution in [0, 0.1) is 0 Å². The van der Waals surface area contributed by atoms with Crippen LogP contribution in [0.3, 0.4) is 0 Å². The normalized spacial score (nSPS) is 10.3. The molecule has 0 radical (unpaired) electrons. The fourth-order valence-electron chi connectivity index (χ4n) is 1.10. The van der Waals surface area contributed by atoms with Gasteiger partial charge in [0.15, 0.2) is 11.6 Å². The summed E-state index contributed by atoms with van der Waals surface area (Å²) in [5, 5.41) is 6.16. The summed E-state index contributed by atoms with van der Waals surface area (Å²) in [4.78, 5) is 15.4. The molecule has 0 saturated carbocycles. The van der Waals surface area contributed by atoms with Crippen molar-refractivity contribution in [2.45, 2.75) is 13.1 Å². The van der Waals surface area contributed by atoms with Gasteiger partial charge in [0.05, 0.1) is 19.4 Å². The van der Waals surface area contributed by atoms with Crippen molar-refractivity contribution in [3.8, 4) is 0 Å². The molecule has 0 saturated heterocycles. The van der Waals surface area contributed by atoms with Crippen molar-refractivity contribution >= 4 is 5.91 Å². The molecule has 0 bridgehead atoms. The Kier molecular flexibility index (Phi) is 2.97. The Morgan fingerprint density at radius 3 is 3.06 bits per heavy atom. The first-order chi connectivity index (χ1) is 7.79. The number of amides is 1. The predicted octanol–water partition coefficient (Wildman–Crippen LogP) is 0.0513. The molecule has 1 amide bonds. The van der Waals surface area contributed by atoms with E-state index in [9.17, 15) is 4.79 Å². The van der Waals surface area contributed by atoms with Crippen LogP contribution in [0.2, 0.25) is 0 Å². The van der Waals surface area contributed by atoms with Crippen molar-refractivity contribution in [2.24, 2.45) is 5.73 Å². The molecule has 2 aromatic rings. The topological polar surface area (TPSA) is 107 Å². The van der Waals surface area contributed by atoms with E-state index in [1.807, 2.05) is 0 Å². The lowest BCUT2D eigenvalue weighted by Crippen LogP contribution is -2.22. The lowest BCUT2D eigenvalue weighted by molar-refractivity contribution is 0.0918. The van der Waals surface area contributed by atoms with Gasteiger partial charge in [-0.1, -0.05) is 5.16 Å². The lowest BCUT2D eigenvalue weighted by atomic mass is 10.4. The van der Waals surface area contributed by atoms with Gasteiger partial charge in [-0.3, -0.25) is 4.79 Å². The average molecular weight is 222 g/mol. The second kappa shape index (κ2) is 4.58. The number of nitrogens with two attached hydrogens (primary N) is 1. The Labute approximate surface area is 90.6 Å². The molecule has 7 heteroatoms. The third kappa shape index (κ3) is 2.26. The molecule has 84 valence electrons. The first-order valence-electron chi connectivity index (χ1n) is 4.63. The molecule has 2 heterocycles. The fraction of sp³-hybridized carbons (Fsp3) is 0.222. The van der Waals surface area contributed by atoms with Gasteiger partial charge in [-0.2, -0.15) is 4.98 Å². The number of furan rings is 1. The summed E-state index contributed by atoms with van der Waals surface area (Å²) in [6, 6.07) is 3.20. The molecule has 0 aliphatic rings. The summed E-state index contributed by atoms with van der Waals surface area (Å²) in [6.07, 6.45) is 1.42. The van der Waals surface area contributed by atoms with E-state index in [2.05, 4.69) is 15.5 Å². The van der Waals surface area contributed by atoms with Crippen LogP contribution in [0.1, 0.15) is 22.3 Å². The fourth-order valence-corrected chi connectivity index (χ4v) is 1.10. The minimum atomic E-state index is -0.336. The number of aromatic nitrogens is 2. The summed E-state index contributed by atoms with van der Waals surface area (Å²) >= 11 is 0. The summed E-state index contributed by atoms with van der Waals surface area (Å²) in [7, 11) is 0. The van der Waals surface area contributed by atoms with E-state index in [0.717, 1.165) is 0 Å². The molecule has 2 aromatic heterocycles. The molecule has 0 unspecified atom stereocenters. The van der Waals surface area contributed by atoms with Crippen molar-refractivity contribution in [1.29, 1.82) is 0 Å². The van der Waals surface area contributed by atoms with Crippen molar-refractivity contribution in [1.82, 2.24) is 15.5 Å². The highest BCUT2D eigenvalue weighted by atomic mass is 16.5. The number of nitrogens with zero attached hydrogens (tertiary/aromatic N) is 2. The van der Waals surface area contributed by atoms with Gasteiger partial charge in [-0.05, 0) is 12.1 Å². The first-order valence-corrected chi connectivity index (χ1v) is 4.63. The highest BCUT2D eigenvalue weighted by Crippen LogP contribution is 2.01. The summed E-state index contributed by atoms with van der Waals surface area (Å²) in [5.74, 6) is 0.610. The van der Waals surface area contributed by atoms with Crippen LogP contribution < -0.4 is 11.1 Å². The van der Waals surface area contributed by atoms with E-state index in [4.69, 9.17) is 14.7 Å². The number of hydrogen-bond acceptors (Lipinski definition) is 6. The summed E-state index contributed by atoms with van der Waals surface area (Å²) in [5.41, 5.74) is 5.31. The quantitative estimate of drug-likeness (QED) is 0.756. The number of rotatable bonds is 4. The second-order valence-electron chi connectivity index (χ2n) is 2.97. The number of carbonyl (C=O) groups excluding carboxylic acids is 1. The number of carbonyl (C=O) groups is 1. The minimum Gasteiger partial charge on any atom is -0.459 e. The molecule has 2 rings (SSSR count). The van der Waals surface area contributed by atoms with E-state index < -0.39 is 0 Å². The highest BCUT2D eigenvalue weighted by molar-refractivity contribution is 5.91. The van der Waals surface area contributed by atoms with Crippen molar-refractivity contribution < 1.29 is 13.7 Å². The summed E-state index contributed by atoms with van der Waals surface area (Å²) < 4.78 is 9.75. The van der Waals surface area contributed by atoms with E-state index in [1.54, 1.807) is 12.1 Å². The zero-order chi connectivity index (χ0) is 11.4. The third-order valence-electron chi connectivity index (χ3n) is 1.84. The number of nitrogens with one attached hydrogen (secondary N) is 1. The predicted molar refractivity (Wildman–Crippen MR) is 52.1 cm³/mol. The van der Waals surface area contributed by atoms with Crippen LogP contribution >= 0.6 is 0 Å².